The van der Waals surface area contributed by atoms with E-state index in [-0.39, 0.29) is 32.0 Å². The van der Waals surface area contributed by atoms with Gasteiger partial charge in [0, 0.05) is 19.6 Å². The van der Waals surface area contributed by atoms with Crippen LogP contribution in [-0.2, 0) is 28.8 Å². The van der Waals surface area contributed by atoms with Crippen molar-refractivity contribution in [1.29, 1.82) is 0 Å². The van der Waals surface area contributed by atoms with Crippen molar-refractivity contribution < 1.29 is 39.0 Å². The smallest absolute Gasteiger partial charge is 0.322 e. The third-order valence-corrected chi connectivity index (χ3v) is 7.20. The Labute approximate surface area is 243 Å². The van der Waals surface area contributed by atoms with Gasteiger partial charge in [-0.25, -0.2) is 0 Å². The summed E-state index contributed by atoms with van der Waals surface area (Å²) in [4.78, 5) is 82.2. The Balaban J connectivity index is 2.09. The topological polar surface area (TPSA) is 276 Å². The lowest BCUT2D eigenvalue weighted by molar-refractivity contribution is -0.144. The lowest BCUT2D eigenvalue weighted by atomic mass is 10.1. The number of likely N-dealkylation sites (tertiary alicyclic amines) is 2. The Bertz CT molecular complexity index is 1050. The van der Waals surface area contributed by atoms with Gasteiger partial charge in [0.2, 0.25) is 29.5 Å². The minimum atomic E-state index is -1.27. The summed E-state index contributed by atoms with van der Waals surface area (Å²) in [5.41, 5.74) is 16.4. The molecule has 2 aliphatic heterocycles. The molecule has 2 rings (SSSR count). The number of aliphatic hydroxyl groups excluding tert-OH is 1. The van der Waals surface area contributed by atoms with Gasteiger partial charge in [0.15, 0.2) is 5.96 Å². The Morgan fingerprint density at radius 2 is 1.50 bits per heavy atom. The fraction of sp³-hybridized carbons (Fsp3) is 0.720. The molecule has 17 heteroatoms. The van der Waals surface area contributed by atoms with Gasteiger partial charge in [-0.1, -0.05) is 0 Å². The molecular formula is C25H43N9O8. The van der Waals surface area contributed by atoms with Crippen LogP contribution >= 0.6 is 0 Å². The first-order valence-electron chi connectivity index (χ1n) is 13.9. The Morgan fingerprint density at radius 3 is 2.05 bits per heavy atom. The van der Waals surface area contributed by atoms with Gasteiger partial charge in [0.1, 0.15) is 36.8 Å². The zero-order chi connectivity index (χ0) is 31.6. The van der Waals surface area contributed by atoms with Crippen LogP contribution in [0.15, 0.2) is 4.99 Å². The average Bonchev–Trinajstić information content (AvgIpc) is 3.62. The van der Waals surface area contributed by atoms with E-state index in [4.69, 9.17) is 22.3 Å². The van der Waals surface area contributed by atoms with Crippen LogP contribution in [0.3, 0.4) is 0 Å². The molecule has 42 heavy (non-hydrogen) atoms. The number of nitrogens with one attached hydrogen (secondary N) is 3. The molecule has 2 fully saturated rings. The van der Waals surface area contributed by atoms with Gasteiger partial charge in [0.25, 0.3) is 0 Å². The molecule has 2 saturated heterocycles. The second-order valence-corrected chi connectivity index (χ2v) is 10.5. The van der Waals surface area contributed by atoms with Gasteiger partial charge in [-0.3, -0.25) is 33.8 Å². The Hall–Kier alpha value is -3.99. The highest BCUT2D eigenvalue weighted by atomic mass is 16.4. The van der Waals surface area contributed by atoms with E-state index in [1.54, 1.807) is 0 Å². The van der Waals surface area contributed by atoms with E-state index in [1.807, 2.05) is 0 Å². The third kappa shape index (κ3) is 9.54. The van der Waals surface area contributed by atoms with Crippen molar-refractivity contribution in [2.75, 3.05) is 26.2 Å². The van der Waals surface area contributed by atoms with Crippen molar-refractivity contribution in [2.45, 2.75) is 88.7 Å². The minimum Gasteiger partial charge on any atom is -0.480 e. The van der Waals surface area contributed by atoms with Crippen LogP contribution in [0, 0.1) is 0 Å². The molecule has 0 saturated carbocycles. The number of nitrogens with two attached hydrogens (primary N) is 3. The summed E-state index contributed by atoms with van der Waals surface area (Å²) in [6, 6.07) is -5.13. The van der Waals surface area contributed by atoms with Crippen LogP contribution in [0.25, 0.3) is 0 Å². The zero-order valence-electron chi connectivity index (χ0n) is 24.0. The first-order chi connectivity index (χ1) is 19.7. The second-order valence-electron chi connectivity index (χ2n) is 10.5. The normalized spacial score (nSPS) is 21.0. The lowest BCUT2D eigenvalue weighted by Gasteiger charge is -2.31. The predicted molar refractivity (Wildman–Crippen MR) is 149 cm³/mol. The van der Waals surface area contributed by atoms with Crippen LogP contribution in [0.2, 0.25) is 0 Å². The summed E-state index contributed by atoms with van der Waals surface area (Å²) >= 11 is 0. The highest BCUT2D eigenvalue weighted by Gasteiger charge is 2.40. The summed E-state index contributed by atoms with van der Waals surface area (Å²) in [6.07, 6.45) is 1.02. The number of aliphatic hydroxyl groups is 1. The van der Waals surface area contributed by atoms with E-state index in [9.17, 15) is 33.9 Å². The van der Waals surface area contributed by atoms with Gasteiger partial charge >= 0.3 is 5.97 Å². The first kappa shape index (κ1) is 34.2. The maximum absolute atomic E-state index is 13.6. The van der Waals surface area contributed by atoms with Crippen LogP contribution in [0.1, 0.15) is 52.4 Å². The molecule has 0 aromatic carbocycles. The molecule has 0 unspecified atom stereocenters. The highest BCUT2D eigenvalue weighted by molar-refractivity contribution is 5.96. The Morgan fingerprint density at radius 1 is 0.929 bits per heavy atom. The van der Waals surface area contributed by atoms with Gasteiger partial charge in [-0.2, -0.15) is 0 Å². The summed E-state index contributed by atoms with van der Waals surface area (Å²) in [5.74, 6) is -4.27. The predicted octanol–water partition coefficient (Wildman–Crippen LogP) is -4.08. The number of aliphatic imine (C=N–C) groups is 1. The van der Waals surface area contributed by atoms with Crippen molar-refractivity contribution >= 4 is 41.5 Å². The SMILES string of the molecule is C[C@H](NC(=O)[C@@H]1CCCN1C(=O)[C@H](CCCN=C(N)N)NC(=O)[C@@H](N)[C@@H](C)O)C(=O)N1CCC[C@H]1C(=O)NCC(=O)O. The molecule has 0 aromatic heterocycles. The van der Waals surface area contributed by atoms with E-state index >= 15 is 0 Å². The number of hydrogen-bond acceptors (Lipinski definition) is 9. The zero-order valence-corrected chi connectivity index (χ0v) is 24.0. The number of carbonyl (C=O) groups excluding carboxylic acids is 5. The first-order valence-corrected chi connectivity index (χ1v) is 13.9. The van der Waals surface area contributed by atoms with Gasteiger partial charge < -0.3 is 53.2 Å². The maximum Gasteiger partial charge on any atom is 0.322 e. The molecule has 11 N–H and O–H groups in total. The molecular weight excluding hydrogens is 554 g/mol. The number of rotatable bonds is 14. The summed E-state index contributed by atoms with van der Waals surface area (Å²) in [7, 11) is 0. The maximum atomic E-state index is 13.6. The molecule has 17 nitrogen and oxygen atoms in total. The van der Waals surface area contributed by atoms with E-state index in [0.717, 1.165) is 0 Å². The quantitative estimate of drug-likeness (QED) is 0.0541. The fourth-order valence-electron chi connectivity index (χ4n) is 4.95. The molecule has 6 atom stereocenters. The number of guanidine groups is 1. The Kier molecular flexibility index (Phi) is 12.9. The number of nitrogens with zero attached hydrogens (tertiary/aromatic N) is 3. The van der Waals surface area contributed by atoms with E-state index in [0.29, 0.717) is 32.1 Å². The monoisotopic (exact) mass is 597 g/mol. The highest BCUT2D eigenvalue weighted by Crippen LogP contribution is 2.22. The van der Waals surface area contributed by atoms with Crippen molar-refractivity contribution in [1.82, 2.24) is 25.8 Å². The van der Waals surface area contributed by atoms with E-state index < -0.39 is 78.4 Å². The van der Waals surface area contributed by atoms with Crippen molar-refractivity contribution in [2.24, 2.45) is 22.2 Å². The molecule has 2 aliphatic rings. The summed E-state index contributed by atoms with van der Waals surface area (Å²) < 4.78 is 0. The van der Waals surface area contributed by atoms with Crippen molar-refractivity contribution in [3.8, 4) is 0 Å². The van der Waals surface area contributed by atoms with E-state index in [2.05, 4.69) is 20.9 Å². The van der Waals surface area contributed by atoms with Crippen LogP contribution in [0.5, 0.6) is 0 Å². The standard InChI is InChI=1S/C25H43N9O8/c1-13(23(41)33-10-4-7-16(33)20(38)30-12-18(36)37)31-21(39)17-8-5-11-34(17)24(42)15(6-3-9-29-25(27)28)32-22(40)19(26)14(2)35/h13-17,19,35H,3-12,26H2,1-2H3,(H,30,38)(H,31,39)(H,32,40)(H,36,37)(H4,27,28,29)/t13-,14+,15-,16-,17-,19-/m0/s1. The lowest BCUT2D eigenvalue weighted by Crippen LogP contribution is -2.58. The summed E-state index contributed by atoms with van der Waals surface area (Å²) in [6.45, 7) is 2.94. The molecule has 236 valence electrons. The van der Waals surface area contributed by atoms with Crippen molar-refractivity contribution in [3.05, 3.63) is 0 Å². The number of aliphatic carboxylic acids is 1. The molecule has 2 heterocycles. The van der Waals surface area contributed by atoms with Crippen LogP contribution in [0.4, 0.5) is 0 Å². The number of amides is 5. The molecule has 0 spiro atoms. The third-order valence-electron chi connectivity index (χ3n) is 7.20. The van der Waals surface area contributed by atoms with Gasteiger partial charge in [-0.15, -0.1) is 0 Å². The van der Waals surface area contributed by atoms with Crippen LogP contribution in [-0.4, -0.2) is 124 Å². The molecule has 0 radical (unpaired) electrons. The molecule has 0 bridgehead atoms. The largest absolute Gasteiger partial charge is 0.480 e. The fourth-order valence-corrected chi connectivity index (χ4v) is 4.95. The second kappa shape index (κ2) is 15.9. The molecule has 0 aromatic rings. The summed E-state index contributed by atoms with van der Waals surface area (Å²) in [5, 5.41) is 26.0. The average molecular weight is 598 g/mol. The van der Waals surface area contributed by atoms with Gasteiger partial charge in [-0.05, 0) is 52.4 Å². The number of carboxylic acid groups (broad SMARTS) is 1. The number of carbonyl (C=O) groups is 6. The van der Waals surface area contributed by atoms with E-state index in [1.165, 1.54) is 23.6 Å². The van der Waals surface area contributed by atoms with Gasteiger partial charge in [0.05, 0.1) is 6.10 Å². The number of hydrogen-bond donors (Lipinski definition) is 8. The molecule has 0 aliphatic carbocycles. The molecule has 5 amide bonds. The number of carboxylic acids is 1. The minimum absolute atomic E-state index is 0.126. The van der Waals surface area contributed by atoms with Crippen LogP contribution < -0.4 is 33.2 Å². The van der Waals surface area contributed by atoms with Crippen molar-refractivity contribution in [3.63, 3.8) is 0 Å².